The number of benzene rings is 2. The van der Waals surface area contributed by atoms with Crippen molar-refractivity contribution in [1.82, 2.24) is 0 Å². The third-order valence-electron chi connectivity index (χ3n) is 3.20. The normalized spacial score (nSPS) is 11.4. The summed E-state index contributed by atoms with van der Waals surface area (Å²) in [5, 5.41) is 2.80. The zero-order chi connectivity index (χ0) is 18.4. The molecular formula is C18H22N2O4S. The van der Waals surface area contributed by atoms with Gasteiger partial charge in [0.05, 0.1) is 19.0 Å². The quantitative estimate of drug-likeness (QED) is 0.792. The lowest BCUT2D eigenvalue weighted by molar-refractivity contribution is 0.0657. The number of hydrogen-bond donors (Lipinski definition) is 2. The van der Waals surface area contributed by atoms with Gasteiger partial charge in [0, 0.05) is 16.9 Å². The zero-order valence-electron chi connectivity index (χ0n) is 14.4. The first-order chi connectivity index (χ1) is 11.7. The monoisotopic (exact) mass is 362 g/mol. The van der Waals surface area contributed by atoms with E-state index in [0.29, 0.717) is 23.5 Å². The molecule has 0 unspecified atom stereocenters. The van der Waals surface area contributed by atoms with E-state index in [1.54, 1.807) is 24.3 Å². The van der Waals surface area contributed by atoms with Crippen molar-refractivity contribution in [1.29, 1.82) is 0 Å². The lowest BCUT2D eigenvalue weighted by Gasteiger charge is -2.10. The van der Waals surface area contributed by atoms with Gasteiger partial charge in [-0.2, -0.15) is 0 Å². The lowest BCUT2D eigenvalue weighted by Crippen LogP contribution is -2.14. The summed E-state index contributed by atoms with van der Waals surface area (Å²) < 4.78 is 30.5. The predicted octanol–water partition coefficient (Wildman–Crippen LogP) is 3.24. The number of carbonyl (C=O) groups is 1. The van der Waals surface area contributed by atoms with Crippen LogP contribution in [-0.2, 0) is 21.4 Å². The van der Waals surface area contributed by atoms with Crippen LogP contribution in [0.1, 0.15) is 29.8 Å². The van der Waals surface area contributed by atoms with Gasteiger partial charge in [-0.25, -0.2) is 8.42 Å². The van der Waals surface area contributed by atoms with E-state index in [1.807, 2.05) is 32.0 Å². The number of hydrogen-bond acceptors (Lipinski definition) is 4. The van der Waals surface area contributed by atoms with Gasteiger partial charge >= 0.3 is 0 Å². The molecule has 2 aromatic rings. The van der Waals surface area contributed by atoms with E-state index in [9.17, 15) is 13.2 Å². The standard InChI is InChI=1S/C18H22N2O4S/c1-13(2)24-12-14-6-4-8-16(10-14)19-18(21)15-7-5-9-17(11-15)20-25(3,22)23/h4-11,13,20H,12H2,1-3H3,(H,19,21). The lowest BCUT2D eigenvalue weighted by atomic mass is 10.1. The average Bonchev–Trinajstić information content (AvgIpc) is 2.52. The number of anilines is 2. The van der Waals surface area contributed by atoms with Crippen LogP contribution in [0.3, 0.4) is 0 Å². The summed E-state index contributed by atoms with van der Waals surface area (Å²) in [6.07, 6.45) is 1.19. The van der Waals surface area contributed by atoms with Crippen LogP contribution >= 0.6 is 0 Å². The van der Waals surface area contributed by atoms with E-state index in [1.165, 1.54) is 6.07 Å². The molecule has 0 bridgehead atoms. The molecule has 0 aliphatic rings. The molecule has 0 atom stereocenters. The molecule has 0 radical (unpaired) electrons. The molecule has 0 aliphatic heterocycles. The fourth-order valence-corrected chi connectivity index (χ4v) is 2.70. The summed E-state index contributed by atoms with van der Waals surface area (Å²) in [5.41, 5.74) is 2.31. The second kappa shape index (κ2) is 8.13. The highest BCUT2D eigenvalue weighted by Crippen LogP contribution is 2.16. The smallest absolute Gasteiger partial charge is 0.255 e. The zero-order valence-corrected chi connectivity index (χ0v) is 15.3. The van der Waals surface area contributed by atoms with Crippen molar-refractivity contribution in [3.05, 3.63) is 59.7 Å². The van der Waals surface area contributed by atoms with Gasteiger partial charge in [-0.1, -0.05) is 18.2 Å². The van der Waals surface area contributed by atoms with Crippen LogP contribution in [0.15, 0.2) is 48.5 Å². The van der Waals surface area contributed by atoms with Crippen LogP contribution in [-0.4, -0.2) is 26.7 Å². The molecule has 2 rings (SSSR count). The third kappa shape index (κ3) is 6.56. The Balaban J connectivity index is 2.09. The van der Waals surface area contributed by atoms with Gasteiger partial charge in [0.15, 0.2) is 0 Å². The van der Waals surface area contributed by atoms with E-state index in [-0.39, 0.29) is 12.0 Å². The van der Waals surface area contributed by atoms with Gasteiger partial charge in [-0.05, 0) is 49.7 Å². The number of ether oxygens (including phenoxy) is 1. The third-order valence-corrected chi connectivity index (χ3v) is 3.80. The molecule has 0 aromatic heterocycles. The minimum absolute atomic E-state index is 0.128. The number of amides is 1. The highest BCUT2D eigenvalue weighted by atomic mass is 32.2. The van der Waals surface area contributed by atoms with E-state index in [2.05, 4.69) is 10.0 Å². The van der Waals surface area contributed by atoms with Gasteiger partial charge in [0.25, 0.3) is 5.91 Å². The molecule has 6 nitrogen and oxygen atoms in total. The van der Waals surface area contributed by atoms with E-state index in [0.717, 1.165) is 11.8 Å². The fourth-order valence-electron chi connectivity index (χ4n) is 2.14. The van der Waals surface area contributed by atoms with Crippen molar-refractivity contribution in [3.8, 4) is 0 Å². The summed E-state index contributed by atoms with van der Waals surface area (Å²) >= 11 is 0. The van der Waals surface area contributed by atoms with E-state index < -0.39 is 10.0 Å². The Bertz CT molecular complexity index is 848. The Morgan fingerprint density at radius 2 is 1.76 bits per heavy atom. The van der Waals surface area contributed by atoms with Gasteiger partial charge < -0.3 is 10.1 Å². The van der Waals surface area contributed by atoms with Crippen LogP contribution in [0.2, 0.25) is 0 Å². The van der Waals surface area contributed by atoms with Crippen molar-refractivity contribution < 1.29 is 17.9 Å². The van der Waals surface area contributed by atoms with Gasteiger partial charge in [-0.3, -0.25) is 9.52 Å². The van der Waals surface area contributed by atoms with Crippen LogP contribution in [0.5, 0.6) is 0 Å². The Morgan fingerprint density at radius 1 is 1.08 bits per heavy atom. The van der Waals surface area contributed by atoms with Gasteiger partial charge in [-0.15, -0.1) is 0 Å². The maximum atomic E-state index is 12.4. The largest absolute Gasteiger partial charge is 0.374 e. The molecule has 0 heterocycles. The van der Waals surface area contributed by atoms with Crippen LogP contribution in [0.4, 0.5) is 11.4 Å². The SMILES string of the molecule is CC(C)OCc1cccc(NC(=O)c2cccc(NS(C)(=O)=O)c2)c1. The first kappa shape index (κ1) is 19.0. The molecule has 0 spiro atoms. The van der Waals surface area contributed by atoms with Crippen molar-refractivity contribution in [2.75, 3.05) is 16.3 Å². The second-order valence-electron chi connectivity index (χ2n) is 5.97. The average molecular weight is 362 g/mol. The molecule has 7 heteroatoms. The number of rotatable bonds is 7. The minimum atomic E-state index is -3.39. The van der Waals surface area contributed by atoms with Crippen molar-refractivity contribution in [3.63, 3.8) is 0 Å². The van der Waals surface area contributed by atoms with Crippen molar-refractivity contribution >= 4 is 27.3 Å². The first-order valence-electron chi connectivity index (χ1n) is 7.83. The number of sulfonamides is 1. The van der Waals surface area contributed by atoms with Gasteiger partial charge in [0.1, 0.15) is 0 Å². The van der Waals surface area contributed by atoms with Gasteiger partial charge in [0.2, 0.25) is 10.0 Å². The molecule has 0 saturated carbocycles. The molecule has 2 N–H and O–H groups in total. The Labute approximate surface area is 148 Å². The Kier molecular flexibility index (Phi) is 6.17. The van der Waals surface area contributed by atoms with Crippen LogP contribution in [0, 0.1) is 0 Å². The maximum Gasteiger partial charge on any atom is 0.255 e. The van der Waals surface area contributed by atoms with E-state index >= 15 is 0 Å². The molecular weight excluding hydrogens is 340 g/mol. The van der Waals surface area contributed by atoms with Crippen molar-refractivity contribution in [2.24, 2.45) is 0 Å². The summed E-state index contributed by atoms with van der Waals surface area (Å²) in [7, 11) is -3.39. The molecule has 0 fully saturated rings. The van der Waals surface area contributed by atoms with Crippen LogP contribution in [0.25, 0.3) is 0 Å². The maximum absolute atomic E-state index is 12.4. The molecule has 25 heavy (non-hydrogen) atoms. The predicted molar refractivity (Wildman–Crippen MR) is 99.2 cm³/mol. The van der Waals surface area contributed by atoms with E-state index in [4.69, 9.17) is 4.74 Å². The molecule has 1 amide bonds. The van der Waals surface area contributed by atoms with Crippen LogP contribution < -0.4 is 10.0 Å². The number of nitrogens with one attached hydrogen (secondary N) is 2. The second-order valence-corrected chi connectivity index (χ2v) is 7.72. The fraction of sp³-hybridized carbons (Fsp3) is 0.278. The topological polar surface area (TPSA) is 84.5 Å². The Hall–Kier alpha value is -2.38. The van der Waals surface area contributed by atoms with Crippen molar-refractivity contribution in [2.45, 2.75) is 26.6 Å². The summed E-state index contributed by atoms with van der Waals surface area (Å²) in [4.78, 5) is 12.4. The number of carbonyl (C=O) groups excluding carboxylic acids is 1. The highest BCUT2D eigenvalue weighted by molar-refractivity contribution is 7.92. The molecule has 2 aromatic carbocycles. The highest BCUT2D eigenvalue weighted by Gasteiger charge is 2.09. The summed E-state index contributed by atoms with van der Waals surface area (Å²) in [6.45, 7) is 4.39. The minimum Gasteiger partial charge on any atom is -0.374 e. The molecule has 134 valence electrons. The summed E-state index contributed by atoms with van der Waals surface area (Å²) in [5.74, 6) is -0.320. The molecule has 0 aliphatic carbocycles. The summed E-state index contributed by atoms with van der Waals surface area (Å²) in [6, 6.07) is 13.7. The first-order valence-corrected chi connectivity index (χ1v) is 9.72. The Morgan fingerprint density at radius 3 is 2.44 bits per heavy atom. The molecule has 0 saturated heterocycles.